The van der Waals surface area contributed by atoms with Gasteiger partial charge in [0.25, 0.3) is 0 Å². The molecule has 136 valence electrons. The van der Waals surface area contributed by atoms with Gasteiger partial charge in [0.1, 0.15) is 0 Å². The lowest BCUT2D eigenvalue weighted by Gasteiger charge is -2.05. The number of hydrogen-bond acceptors (Lipinski definition) is 1. The first-order chi connectivity index (χ1) is 13.8. The SMILES string of the molecule is CN=C(N=C(N=Cc1ccccc1)C1=C=CC=C=C/C=C\1)c1cccc(C)c1. The largest absolute Gasteiger partial charge is 0.270 e. The van der Waals surface area contributed by atoms with E-state index in [0.717, 1.165) is 22.3 Å². The average Bonchev–Trinajstić information content (AvgIpc) is 2.69. The fraction of sp³-hybridized carbons (Fsp3) is 0.0800. The van der Waals surface area contributed by atoms with E-state index in [1.807, 2.05) is 60.7 Å². The minimum Gasteiger partial charge on any atom is -0.270 e. The van der Waals surface area contributed by atoms with Crippen molar-refractivity contribution in [3.63, 3.8) is 0 Å². The smallest absolute Gasteiger partial charge is 0.169 e. The Labute approximate surface area is 165 Å². The van der Waals surface area contributed by atoms with Gasteiger partial charge in [-0.25, -0.2) is 9.98 Å². The standard InChI is InChI=1S/C25H21N3/c1-20-12-11-17-23(18-20)24(26-2)28-25(22-15-9-4-3-5-10-16-22)27-19-21-13-7-6-8-14-21/h4-15,17-19H,1-2H3/b15-9-,26-24?,27-19?,28-25?. The molecule has 0 N–H and O–H groups in total. The van der Waals surface area contributed by atoms with E-state index in [1.54, 1.807) is 25.4 Å². The molecule has 0 saturated heterocycles. The van der Waals surface area contributed by atoms with Gasteiger partial charge in [-0.3, -0.25) is 4.99 Å². The normalized spacial score (nSPS) is 15.4. The van der Waals surface area contributed by atoms with Gasteiger partial charge in [-0.2, -0.15) is 0 Å². The van der Waals surface area contributed by atoms with Crippen LogP contribution in [0.4, 0.5) is 0 Å². The Morgan fingerprint density at radius 2 is 1.79 bits per heavy atom. The summed E-state index contributed by atoms with van der Waals surface area (Å²) in [6.07, 6.45) is 11.1. The lowest BCUT2D eigenvalue weighted by molar-refractivity contribution is 1.36. The number of aryl methyl sites for hydroxylation is 1. The topological polar surface area (TPSA) is 37.1 Å². The molecule has 0 unspecified atom stereocenters. The highest BCUT2D eigenvalue weighted by Crippen LogP contribution is 2.10. The zero-order valence-electron chi connectivity index (χ0n) is 16.0. The second kappa shape index (κ2) is 9.80. The van der Waals surface area contributed by atoms with E-state index >= 15 is 0 Å². The summed E-state index contributed by atoms with van der Waals surface area (Å²) in [5.41, 5.74) is 10.1. The van der Waals surface area contributed by atoms with Crippen molar-refractivity contribution in [3.05, 3.63) is 119 Å². The molecule has 0 bridgehead atoms. The molecular weight excluding hydrogens is 342 g/mol. The van der Waals surface area contributed by atoms with E-state index in [9.17, 15) is 0 Å². The second-order valence-electron chi connectivity index (χ2n) is 6.10. The number of allylic oxidation sites excluding steroid dienone is 2. The third-order valence-electron chi connectivity index (χ3n) is 3.95. The van der Waals surface area contributed by atoms with E-state index in [-0.39, 0.29) is 0 Å². The predicted octanol–water partition coefficient (Wildman–Crippen LogP) is 5.25. The Kier molecular flexibility index (Phi) is 6.65. The summed E-state index contributed by atoms with van der Waals surface area (Å²) < 4.78 is 0. The van der Waals surface area contributed by atoms with Gasteiger partial charge < -0.3 is 0 Å². The first kappa shape index (κ1) is 19.0. The molecule has 3 heteroatoms. The summed E-state index contributed by atoms with van der Waals surface area (Å²) in [5, 5.41) is 0. The Hall–Kier alpha value is -3.77. The maximum absolute atomic E-state index is 4.77. The summed E-state index contributed by atoms with van der Waals surface area (Å²) in [6.45, 7) is 2.05. The van der Waals surface area contributed by atoms with Crippen molar-refractivity contribution in [2.24, 2.45) is 15.0 Å². The Morgan fingerprint density at radius 1 is 0.929 bits per heavy atom. The lowest BCUT2D eigenvalue weighted by Crippen LogP contribution is -2.06. The fourth-order valence-corrected chi connectivity index (χ4v) is 2.58. The lowest BCUT2D eigenvalue weighted by atomic mass is 10.1. The van der Waals surface area contributed by atoms with Crippen LogP contribution in [-0.2, 0) is 0 Å². The van der Waals surface area contributed by atoms with Crippen LogP contribution < -0.4 is 0 Å². The third kappa shape index (κ3) is 5.36. The highest BCUT2D eigenvalue weighted by atomic mass is 15.0. The van der Waals surface area contributed by atoms with E-state index in [0.29, 0.717) is 11.7 Å². The molecule has 0 aliphatic heterocycles. The molecule has 0 aromatic heterocycles. The van der Waals surface area contributed by atoms with Crippen molar-refractivity contribution in [3.8, 4) is 0 Å². The van der Waals surface area contributed by atoms with Crippen LogP contribution in [0.5, 0.6) is 0 Å². The molecule has 1 aliphatic rings. The van der Waals surface area contributed by atoms with Crippen molar-refractivity contribution >= 4 is 17.9 Å². The minimum absolute atomic E-state index is 0.544. The summed E-state index contributed by atoms with van der Waals surface area (Å²) >= 11 is 0. The minimum atomic E-state index is 0.544. The Morgan fingerprint density at radius 3 is 2.57 bits per heavy atom. The summed E-state index contributed by atoms with van der Waals surface area (Å²) in [5.74, 6) is 1.17. The van der Waals surface area contributed by atoms with Gasteiger partial charge in [0.2, 0.25) is 0 Å². The molecule has 0 radical (unpaired) electrons. The number of rotatable bonds is 3. The van der Waals surface area contributed by atoms with Crippen LogP contribution in [-0.4, -0.2) is 24.9 Å². The zero-order chi connectivity index (χ0) is 19.6. The molecule has 28 heavy (non-hydrogen) atoms. The van der Waals surface area contributed by atoms with Gasteiger partial charge in [-0.1, -0.05) is 60.2 Å². The van der Waals surface area contributed by atoms with Crippen LogP contribution in [0.15, 0.2) is 117 Å². The number of hydrogen-bond donors (Lipinski definition) is 0. The van der Waals surface area contributed by atoms with Crippen LogP contribution in [0.2, 0.25) is 0 Å². The van der Waals surface area contributed by atoms with Crippen LogP contribution in [0.25, 0.3) is 0 Å². The Bertz CT molecular complexity index is 1080. The molecule has 2 aromatic carbocycles. The van der Waals surface area contributed by atoms with Crippen molar-refractivity contribution < 1.29 is 0 Å². The van der Waals surface area contributed by atoms with Gasteiger partial charge in [0.15, 0.2) is 11.7 Å². The van der Waals surface area contributed by atoms with Gasteiger partial charge in [0.05, 0.1) is 5.57 Å². The molecular formula is C25H21N3. The fourth-order valence-electron chi connectivity index (χ4n) is 2.58. The molecule has 3 rings (SSSR count). The molecule has 0 spiro atoms. The second-order valence-corrected chi connectivity index (χ2v) is 6.10. The van der Waals surface area contributed by atoms with Gasteiger partial charge in [0, 0.05) is 18.8 Å². The Balaban J connectivity index is 2.07. The number of benzene rings is 2. The summed E-state index contributed by atoms with van der Waals surface area (Å²) in [4.78, 5) is 13.8. The van der Waals surface area contributed by atoms with Crippen LogP contribution in [0, 0.1) is 6.92 Å². The van der Waals surface area contributed by atoms with Gasteiger partial charge in [-0.05, 0) is 42.9 Å². The third-order valence-corrected chi connectivity index (χ3v) is 3.95. The van der Waals surface area contributed by atoms with Crippen LogP contribution in [0.3, 0.4) is 0 Å². The zero-order valence-corrected chi connectivity index (χ0v) is 16.0. The quantitative estimate of drug-likeness (QED) is 0.406. The molecule has 2 aromatic rings. The number of amidine groups is 2. The van der Waals surface area contributed by atoms with Gasteiger partial charge >= 0.3 is 0 Å². The summed E-state index contributed by atoms with van der Waals surface area (Å²) in [6, 6.07) is 18.1. The molecule has 1 aliphatic carbocycles. The molecule has 3 nitrogen and oxygen atoms in total. The van der Waals surface area contributed by atoms with E-state index < -0.39 is 0 Å². The predicted molar refractivity (Wildman–Crippen MR) is 119 cm³/mol. The van der Waals surface area contributed by atoms with Gasteiger partial charge in [-0.15, -0.1) is 11.5 Å². The van der Waals surface area contributed by atoms with Crippen molar-refractivity contribution in [2.45, 2.75) is 6.92 Å². The maximum atomic E-state index is 4.77. The van der Waals surface area contributed by atoms with E-state index in [2.05, 4.69) is 40.5 Å². The van der Waals surface area contributed by atoms with Crippen molar-refractivity contribution in [1.29, 1.82) is 0 Å². The maximum Gasteiger partial charge on any atom is 0.169 e. The molecule has 0 atom stereocenters. The molecule has 0 heterocycles. The molecule has 0 saturated carbocycles. The highest BCUT2D eigenvalue weighted by Gasteiger charge is 2.07. The van der Waals surface area contributed by atoms with Crippen LogP contribution >= 0.6 is 0 Å². The molecule has 0 amide bonds. The summed E-state index contributed by atoms with van der Waals surface area (Å²) in [7, 11) is 1.74. The number of nitrogens with zero attached hydrogens (tertiary/aromatic N) is 3. The first-order valence-corrected chi connectivity index (χ1v) is 9.03. The van der Waals surface area contributed by atoms with E-state index in [4.69, 9.17) is 4.99 Å². The average molecular weight is 363 g/mol. The van der Waals surface area contributed by atoms with Crippen LogP contribution in [0.1, 0.15) is 16.7 Å². The van der Waals surface area contributed by atoms with Crippen molar-refractivity contribution in [2.75, 3.05) is 7.05 Å². The van der Waals surface area contributed by atoms with E-state index in [1.165, 1.54) is 0 Å². The monoisotopic (exact) mass is 363 g/mol. The first-order valence-electron chi connectivity index (χ1n) is 9.03. The highest BCUT2D eigenvalue weighted by molar-refractivity contribution is 6.14. The molecule has 0 fully saturated rings. The van der Waals surface area contributed by atoms with Crippen molar-refractivity contribution in [1.82, 2.24) is 0 Å². The number of aliphatic imine (C=N–C) groups is 3.